The van der Waals surface area contributed by atoms with Crippen molar-refractivity contribution < 1.29 is 13.2 Å². The number of aryl methyl sites for hydroxylation is 1. The molecule has 0 fully saturated rings. The molecule has 3 aromatic heterocycles. The van der Waals surface area contributed by atoms with Crippen LogP contribution in [0.5, 0.6) is 0 Å². The molecule has 1 aliphatic heterocycles. The molecule has 1 aliphatic rings. The summed E-state index contributed by atoms with van der Waals surface area (Å²) in [5, 5.41) is 4.64. The fourth-order valence-electron chi connectivity index (χ4n) is 3.17. The Balaban J connectivity index is 1.48. The number of halogens is 3. The standard InChI is InChI=1S/C18H17F3N6/c1-12-3-2-4-22-16(12)15-7-14-11-26(5-6-27(14)25-15)10-13-8-23-17(24-9-13)18(19,20)21/h2-4,7-9H,5-6,10-11H2,1H3. The number of aromatic nitrogens is 5. The Kier molecular flexibility index (Phi) is 4.39. The highest BCUT2D eigenvalue weighted by Gasteiger charge is 2.34. The average Bonchev–Trinajstić information content (AvgIpc) is 3.05. The summed E-state index contributed by atoms with van der Waals surface area (Å²) >= 11 is 0. The summed E-state index contributed by atoms with van der Waals surface area (Å²) in [6.45, 7) is 4.60. The number of nitrogens with zero attached hydrogens (tertiary/aromatic N) is 6. The van der Waals surface area contributed by atoms with Crippen molar-refractivity contribution in [3.8, 4) is 11.4 Å². The molecule has 0 aromatic carbocycles. The van der Waals surface area contributed by atoms with Crippen molar-refractivity contribution in [2.45, 2.75) is 32.7 Å². The Hall–Kier alpha value is -2.81. The van der Waals surface area contributed by atoms with E-state index < -0.39 is 12.0 Å². The van der Waals surface area contributed by atoms with Gasteiger partial charge in [-0.25, -0.2) is 9.97 Å². The highest BCUT2D eigenvalue weighted by molar-refractivity contribution is 5.58. The smallest absolute Gasteiger partial charge is 0.291 e. The zero-order chi connectivity index (χ0) is 19.0. The first-order valence-electron chi connectivity index (χ1n) is 8.49. The minimum Gasteiger partial charge on any atom is -0.291 e. The van der Waals surface area contributed by atoms with E-state index in [4.69, 9.17) is 0 Å². The van der Waals surface area contributed by atoms with Gasteiger partial charge < -0.3 is 0 Å². The maximum atomic E-state index is 12.6. The molecule has 140 valence electrons. The van der Waals surface area contributed by atoms with Crippen LogP contribution in [0.1, 0.15) is 22.6 Å². The molecule has 0 bridgehead atoms. The monoisotopic (exact) mass is 374 g/mol. The van der Waals surface area contributed by atoms with Gasteiger partial charge in [0.15, 0.2) is 0 Å². The third kappa shape index (κ3) is 3.68. The Morgan fingerprint density at radius 1 is 1.11 bits per heavy atom. The molecule has 3 aromatic rings. The van der Waals surface area contributed by atoms with E-state index in [1.54, 1.807) is 6.20 Å². The first-order valence-corrected chi connectivity index (χ1v) is 8.49. The lowest BCUT2D eigenvalue weighted by Gasteiger charge is -2.27. The Labute approximate surface area is 153 Å². The van der Waals surface area contributed by atoms with Crippen LogP contribution in [-0.2, 0) is 25.8 Å². The van der Waals surface area contributed by atoms with Gasteiger partial charge in [-0.3, -0.25) is 14.6 Å². The normalized spacial score (nSPS) is 15.0. The fourth-order valence-corrected chi connectivity index (χ4v) is 3.17. The molecule has 4 rings (SSSR count). The second kappa shape index (κ2) is 6.73. The number of rotatable bonds is 3. The van der Waals surface area contributed by atoms with Crippen molar-refractivity contribution in [2.75, 3.05) is 6.54 Å². The summed E-state index contributed by atoms with van der Waals surface area (Å²) < 4.78 is 39.7. The average molecular weight is 374 g/mol. The highest BCUT2D eigenvalue weighted by Crippen LogP contribution is 2.26. The molecule has 6 nitrogen and oxygen atoms in total. The number of fused-ring (bicyclic) bond motifs is 1. The highest BCUT2D eigenvalue weighted by atomic mass is 19.4. The molecule has 0 spiro atoms. The largest absolute Gasteiger partial charge is 0.451 e. The molecule has 0 amide bonds. The lowest BCUT2D eigenvalue weighted by atomic mass is 10.1. The lowest BCUT2D eigenvalue weighted by Crippen LogP contribution is -2.33. The van der Waals surface area contributed by atoms with E-state index >= 15 is 0 Å². The number of pyridine rings is 1. The molecule has 0 radical (unpaired) electrons. The predicted octanol–water partition coefficient (Wildman–Crippen LogP) is 3.08. The van der Waals surface area contributed by atoms with E-state index in [1.165, 1.54) is 12.4 Å². The van der Waals surface area contributed by atoms with Crippen LogP contribution in [0.4, 0.5) is 13.2 Å². The van der Waals surface area contributed by atoms with E-state index in [2.05, 4.69) is 25.0 Å². The predicted molar refractivity (Wildman–Crippen MR) is 91.3 cm³/mol. The Morgan fingerprint density at radius 3 is 2.59 bits per heavy atom. The number of hydrogen-bond donors (Lipinski definition) is 0. The van der Waals surface area contributed by atoms with Gasteiger partial charge in [0.2, 0.25) is 5.82 Å². The molecule has 0 saturated heterocycles. The van der Waals surface area contributed by atoms with Crippen molar-refractivity contribution in [2.24, 2.45) is 0 Å². The topological polar surface area (TPSA) is 59.7 Å². The van der Waals surface area contributed by atoms with Crippen molar-refractivity contribution in [3.63, 3.8) is 0 Å². The Bertz CT molecular complexity index is 948. The zero-order valence-corrected chi connectivity index (χ0v) is 14.6. The maximum absolute atomic E-state index is 12.6. The molecule has 0 unspecified atom stereocenters. The molecule has 0 aliphatic carbocycles. The second-order valence-corrected chi connectivity index (χ2v) is 6.54. The van der Waals surface area contributed by atoms with E-state index in [0.717, 1.165) is 29.2 Å². The van der Waals surface area contributed by atoms with Crippen molar-refractivity contribution in [3.05, 3.63) is 59.4 Å². The third-order valence-electron chi connectivity index (χ3n) is 4.49. The molecule has 27 heavy (non-hydrogen) atoms. The van der Waals surface area contributed by atoms with Crippen LogP contribution >= 0.6 is 0 Å². The van der Waals surface area contributed by atoms with Crippen molar-refractivity contribution in [1.29, 1.82) is 0 Å². The summed E-state index contributed by atoms with van der Waals surface area (Å²) in [5.41, 5.74) is 4.46. The van der Waals surface area contributed by atoms with Gasteiger partial charge >= 0.3 is 6.18 Å². The molecular formula is C18H17F3N6. The summed E-state index contributed by atoms with van der Waals surface area (Å²) in [6.07, 6.45) is -0.289. The lowest BCUT2D eigenvalue weighted by molar-refractivity contribution is -0.145. The quantitative estimate of drug-likeness (QED) is 0.705. The molecular weight excluding hydrogens is 357 g/mol. The molecule has 0 atom stereocenters. The van der Waals surface area contributed by atoms with Crippen LogP contribution in [-0.4, -0.2) is 36.2 Å². The molecule has 0 saturated carbocycles. The van der Waals surface area contributed by atoms with E-state index in [9.17, 15) is 13.2 Å². The van der Waals surface area contributed by atoms with Gasteiger partial charge in [0, 0.05) is 43.8 Å². The first kappa shape index (κ1) is 17.6. The van der Waals surface area contributed by atoms with E-state index in [1.807, 2.05) is 29.8 Å². The van der Waals surface area contributed by atoms with Crippen LogP contribution in [0.2, 0.25) is 0 Å². The first-order chi connectivity index (χ1) is 12.9. The SMILES string of the molecule is Cc1cccnc1-c1cc2n(n1)CCN(Cc1cnc(C(F)(F)F)nc1)C2. The number of alkyl halides is 3. The van der Waals surface area contributed by atoms with Crippen molar-refractivity contribution in [1.82, 2.24) is 29.6 Å². The van der Waals surface area contributed by atoms with Crippen LogP contribution in [0.3, 0.4) is 0 Å². The minimum atomic E-state index is -4.52. The molecule has 4 heterocycles. The van der Waals surface area contributed by atoms with Gasteiger partial charge in [-0.1, -0.05) is 6.07 Å². The summed E-state index contributed by atoms with van der Waals surface area (Å²) in [7, 11) is 0. The van der Waals surface area contributed by atoms with Crippen LogP contribution in [0.25, 0.3) is 11.4 Å². The number of hydrogen-bond acceptors (Lipinski definition) is 5. The summed E-state index contributed by atoms with van der Waals surface area (Å²) in [6, 6.07) is 5.91. The zero-order valence-electron chi connectivity index (χ0n) is 14.6. The van der Waals surface area contributed by atoms with Gasteiger partial charge in [-0.15, -0.1) is 0 Å². The van der Waals surface area contributed by atoms with Crippen LogP contribution in [0, 0.1) is 6.92 Å². The van der Waals surface area contributed by atoms with Gasteiger partial charge in [-0.2, -0.15) is 18.3 Å². The van der Waals surface area contributed by atoms with Crippen molar-refractivity contribution >= 4 is 0 Å². The minimum absolute atomic E-state index is 0.487. The van der Waals surface area contributed by atoms with E-state index in [0.29, 0.717) is 25.2 Å². The third-order valence-corrected chi connectivity index (χ3v) is 4.49. The summed E-state index contributed by atoms with van der Waals surface area (Å²) in [5.74, 6) is -1.11. The van der Waals surface area contributed by atoms with Gasteiger partial charge in [0.25, 0.3) is 0 Å². The van der Waals surface area contributed by atoms with Gasteiger partial charge in [0.05, 0.1) is 17.9 Å². The van der Waals surface area contributed by atoms with Crippen LogP contribution in [0.15, 0.2) is 36.8 Å². The van der Waals surface area contributed by atoms with Gasteiger partial charge in [-0.05, 0) is 24.6 Å². The fraction of sp³-hybridized carbons (Fsp3) is 0.333. The van der Waals surface area contributed by atoms with Crippen LogP contribution < -0.4 is 0 Å². The molecule has 0 N–H and O–H groups in total. The molecule has 9 heteroatoms. The Morgan fingerprint density at radius 2 is 1.89 bits per heavy atom. The summed E-state index contributed by atoms with van der Waals surface area (Å²) in [4.78, 5) is 13.4. The second-order valence-electron chi connectivity index (χ2n) is 6.54. The van der Waals surface area contributed by atoms with E-state index in [-0.39, 0.29) is 0 Å². The van der Waals surface area contributed by atoms with Gasteiger partial charge in [0.1, 0.15) is 5.69 Å². The maximum Gasteiger partial charge on any atom is 0.451 e.